The van der Waals surface area contributed by atoms with Crippen molar-refractivity contribution in [3.05, 3.63) is 65.5 Å². The van der Waals surface area contributed by atoms with Gasteiger partial charge in [-0.3, -0.25) is 4.79 Å². The molecule has 2 aromatic rings. The molecular weight excluding hydrogens is 323 g/mol. The summed E-state index contributed by atoms with van der Waals surface area (Å²) in [5.74, 6) is 0.435. The zero-order valence-electron chi connectivity index (χ0n) is 11.0. The molecule has 0 aliphatic heterocycles. The van der Waals surface area contributed by atoms with Crippen molar-refractivity contribution in [2.24, 2.45) is 0 Å². The monoisotopic (exact) mass is 336 g/mol. The number of carbonyl (C=O) groups excluding carboxylic acids is 1. The maximum atomic E-state index is 12.8. The van der Waals surface area contributed by atoms with Crippen LogP contribution in [0.2, 0.25) is 0 Å². The number of carbonyl (C=O) groups is 1. The summed E-state index contributed by atoms with van der Waals surface area (Å²) in [6.45, 7) is 0. The predicted octanol–water partition coefficient (Wildman–Crippen LogP) is 4.02. The van der Waals surface area contributed by atoms with E-state index in [9.17, 15) is 9.18 Å². The fourth-order valence-corrected chi connectivity index (χ4v) is 2.49. The molecule has 0 spiro atoms. The van der Waals surface area contributed by atoms with Gasteiger partial charge in [0.2, 0.25) is 0 Å². The second-order valence-corrected chi connectivity index (χ2v) is 5.50. The predicted molar refractivity (Wildman–Crippen MR) is 80.1 cm³/mol. The van der Waals surface area contributed by atoms with E-state index >= 15 is 0 Å². The van der Waals surface area contributed by atoms with E-state index in [1.807, 2.05) is 0 Å². The lowest BCUT2D eigenvalue weighted by Crippen LogP contribution is -2.16. The molecule has 1 atom stereocenters. The number of Topliss-reactive ketones (excluding diaryl/α,β-unsaturated/α-hetero) is 1. The first kappa shape index (κ1) is 14.7. The molecule has 0 saturated heterocycles. The van der Waals surface area contributed by atoms with Crippen LogP contribution in [-0.4, -0.2) is 17.7 Å². The number of benzene rings is 2. The van der Waals surface area contributed by atoms with Gasteiger partial charge in [-0.2, -0.15) is 0 Å². The lowest BCUT2D eigenvalue weighted by atomic mass is 10.0. The lowest BCUT2D eigenvalue weighted by Gasteiger charge is -2.09. The minimum Gasteiger partial charge on any atom is -0.497 e. The second-order valence-electron chi connectivity index (χ2n) is 4.39. The Morgan fingerprint density at radius 3 is 2.30 bits per heavy atom. The van der Waals surface area contributed by atoms with Crippen molar-refractivity contribution in [1.29, 1.82) is 0 Å². The highest BCUT2D eigenvalue weighted by Crippen LogP contribution is 2.18. The fourth-order valence-electron chi connectivity index (χ4n) is 1.86. The summed E-state index contributed by atoms with van der Waals surface area (Å²) in [5.41, 5.74) is 1.53. The highest BCUT2D eigenvalue weighted by Gasteiger charge is 2.17. The molecule has 2 nitrogen and oxygen atoms in total. The summed E-state index contributed by atoms with van der Waals surface area (Å²) in [6.07, 6.45) is 0.519. The van der Waals surface area contributed by atoms with E-state index in [-0.39, 0.29) is 16.4 Å². The van der Waals surface area contributed by atoms with Gasteiger partial charge in [-0.25, -0.2) is 4.39 Å². The van der Waals surface area contributed by atoms with Gasteiger partial charge in [0.1, 0.15) is 11.6 Å². The van der Waals surface area contributed by atoms with Crippen LogP contribution in [0.5, 0.6) is 5.75 Å². The van der Waals surface area contributed by atoms with Crippen LogP contribution in [0.25, 0.3) is 0 Å². The molecule has 0 radical (unpaired) electrons. The van der Waals surface area contributed by atoms with Crippen molar-refractivity contribution in [1.82, 2.24) is 0 Å². The maximum Gasteiger partial charge on any atom is 0.176 e. The van der Waals surface area contributed by atoms with Gasteiger partial charge in [-0.15, -0.1) is 0 Å². The maximum absolute atomic E-state index is 12.8. The Kier molecular flexibility index (Phi) is 4.90. The van der Waals surface area contributed by atoms with Crippen LogP contribution in [0, 0.1) is 5.82 Å². The summed E-state index contributed by atoms with van der Waals surface area (Å²) >= 11 is 3.40. The summed E-state index contributed by atoms with van der Waals surface area (Å²) < 4.78 is 17.9. The number of methoxy groups -OCH3 is 1. The van der Waals surface area contributed by atoms with Crippen molar-refractivity contribution in [2.75, 3.05) is 7.11 Å². The zero-order valence-corrected chi connectivity index (χ0v) is 12.6. The first-order valence-electron chi connectivity index (χ1n) is 6.17. The van der Waals surface area contributed by atoms with Crippen molar-refractivity contribution in [2.45, 2.75) is 11.2 Å². The van der Waals surface area contributed by atoms with Gasteiger partial charge in [0.05, 0.1) is 11.9 Å². The summed E-state index contributed by atoms with van der Waals surface area (Å²) in [4.78, 5) is 11.9. The number of hydrogen-bond acceptors (Lipinski definition) is 2. The number of halogens is 2. The van der Waals surface area contributed by atoms with E-state index in [2.05, 4.69) is 15.9 Å². The molecule has 0 saturated carbocycles. The Morgan fingerprint density at radius 1 is 1.15 bits per heavy atom. The van der Waals surface area contributed by atoms with Crippen LogP contribution in [-0.2, 0) is 6.42 Å². The fraction of sp³-hybridized carbons (Fsp3) is 0.188. The van der Waals surface area contributed by atoms with Crippen LogP contribution >= 0.6 is 15.9 Å². The van der Waals surface area contributed by atoms with E-state index in [1.54, 1.807) is 43.5 Å². The topological polar surface area (TPSA) is 26.3 Å². The van der Waals surface area contributed by atoms with Crippen molar-refractivity contribution < 1.29 is 13.9 Å². The SMILES string of the molecule is COc1ccc(C(=O)C(Br)Cc2ccc(F)cc2)cc1. The zero-order chi connectivity index (χ0) is 14.5. The molecule has 2 aromatic carbocycles. The van der Waals surface area contributed by atoms with E-state index < -0.39 is 0 Å². The first-order chi connectivity index (χ1) is 9.60. The Hall–Kier alpha value is -1.68. The van der Waals surface area contributed by atoms with E-state index in [1.165, 1.54) is 12.1 Å². The Labute approximate surface area is 125 Å². The normalized spacial score (nSPS) is 11.9. The molecule has 4 heteroatoms. The van der Waals surface area contributed by atoms with Crippen molar-refractivity contribution >= 4 is 21.7 Å². The van der Waals surface area contributed by atoms with E-state index in [0.29, 0.717) is 17.7 Å². The van der Waals surface area contributed by atoms with E-state index in [4.69, 9.17) is 4.74 Å². The molecule has 0 fully saturated rings. The van der Waals surface area contributed by atoms with Crippen LogP contribution in [0.15, 0.2) is 48.5 Å². The molecule has 20 heavy (non-hydrogen) atoms. The van der Waals surface area contributed by atoms with Gasteiger partial charge in [-0.1, -0.05) is 28.1 Å². The number of ether oxygens (including phenoxy) is 1. The molecule has 2 rings (SSSR count). The molecule has 0 heterocycles. The highest BCUT2D eigenvalue weighted by molar-refractivity contribution is 9.10. The average Bonchev–Trinajstić information content (AvgIpc) is 2.49. The minimum atomic E-state index is -0.332. The molecule has 104 valence electrons. The van der Waals surface area contributed by atoms with Crippen LogP contribution < -0.4 is 4.74 Å². The Morgan fingerprint density at radius 2 is 1.75 bits per heavy atom. The van der Waals surface area contributed by atoms with Crippen molar-refractivity contribution in [3.8, 4) is 5.75 Å². The summed E-state index contributed by atoms with van der Waals surface area (Å²) in [5, 5.41) is 0. The van der Waals surface area contributed by atoms with E-state index in [0.717, 1.165) is 5.56 Å². The average molecular weight is 337 g/mol. The molecule has 0 N–H and O–H groups in total. The molecule has 0 amide bonds. The van der Waals surface area contributed by atoms with Gasteiger partial charge in [0.25, 0.3) is 0 Å². The van der Waals surface area contributed by atoms with Gasteiger partial charge in [-0.05, 0) is 48.4 Å². The largest absolute Gasteiger partial charge is 0.497 e. The lowest BCUT2D eigenvalue weighted by molar-refractivity contribution is 0.0991. The summed E-state index contributed by atoms with van der Waals surface area (Å²) in [6, 6.07) is 13.1. The Bertz CT molecular complexity index is 578. The van der Waals surface area contributed by atoms with Gasteiger partial charge in [0.15, 0.2) is 5.78 Å². The standard InChI is InChI=1S/C16H14BrFO2/c1-20-14-8-4-12(5-9-14)16(19)15(17)10-11-2-6-13(18)7-3-11/h2-9,15H,10H2,1H3. The number of alkyl halides is 1. The molecule has 0 bridgehead atoms. The van der Waals surface area contributed by atoms with Crippen molar-refractivity contribution in [3.63, 3.8) is 0 Å². The van der Waals surface area contributed by atoms with Crippen LogP contribution in [0.1, 0.15) is 15.9 Å². The molecule has 0 aliphatic carbocycles. The van der Waals surface area contributed by atoms with Gasteiger partial charge in [0, 0.05) is 5.56 Å². The van der Waals surface area contributed by atoms with Crippen LogP contribution in [0.4, 0.5) is 4.39 Å². The third-order valence-corrected chi connectivity index (χ3v) is 3.73. The second kappa shape index (κ2) is 6.66. The Balaban J connectivity index is 2.05. The highest BCUT2D eigenvalue weighted by atomic mass is 79.9. The number of ketones is 1. The number of rotatable bonds is 5. The van der Waals surface area contributed by atoms with Gasteiger partial charge >= 0.3 is 0 Å². The quantitative estimate of drug-likeness (QED) is 0.608. The molecular formula is C16H14BrFO2. The van der Waals surface area contributed by atoms with Crippen LogP contribution in [0.3, 0.4) is 0 Å². The molecule has 0 aromatic heterocycles. The third kappa shape index (κ3) is 3.67. The third-order valence-electron chi connectivity index (χ3n) is 2.99. The number of hydrogen-bond donors (Lipinski definition) is 0. The molecule has 1 unspecified atom stereocenters. The smallest absolute Gasteiger partial charge is 0.176 e. The summed E-state index contributed by atoms with van der Waals surface area (Å²) in [7, 11) is 1.58. The van der Waals surface area contributed by atoms with Gasteiger partial charge < -0.3 is 4.74 Å². The molecule has 0 aliphatic rings. The minimum absolute atomic E-state index is 0.00280. The first-order valence-corrected chi connectivity index (χ1v) is 7.08.